The van der Waals surface area contributed by atoms with Crippen molar-refractivity contribution in [1.29, 1.82) is 0 Å². The minimum Gasteiger partial charge on any atom is -0.455 e. The maximum Gasteiger partial charge on any atom is 0.235 e. The van der Waals surface area contributed by atoms with Gasteiger partial charge in [0.2, 0.25) is 5.95 Å². The van der Waals surface area contributed by atoms with Gasteiger partial charge in [-0.3, -0.25) is 4.57 Å². The topological polar surface area (TPSA) is 43.9 Å². The Labute approximate surface area is 317 Å². The van der Waals surface area contributed by atoms with Crippen LogP contribution in [0.3, 0.4) is 0 Å². The second kappa shape index (κ2) is 10.8. The van der Waals surface area contributed by atoms with Gasteiger partial charge in [0.25, 0.3) is 0 Å². The van der Waals surface area contributed by atoms with E-state index in [0.29, 0.717) is 5.95 Å². The van der Waals surface area contributed by atoms with Crippen LogP contribution in [0.2, 0.25) is 0 Å². The summed E-state index contributed by atoms with van der Waals surface area (Å²) in [7, 11) is 0. The molecule has 9 aromatic carbocycles. The van der Waals surface area contributed by atoms with Gasteiger partial charge < -0.3 is 4.42 Å². The highest BCUT2D eigenvalue weighted by molar-refractivity contribution is 7.26. The molecule has 0 radical (unpaired) electrons. The summed E-state index contributed by atoms with van der Waals surface area (Å²) in [5.74, 6) is 0.639. The molecule has 0 aliphatic heterocycles. The van der Waals surface area contributed by atoms with Crippen LogP contribution in [0.1, 0.15) is 0 Å². The highest BCUT2D eigenvalue weighted by Crippen LogP contribution is 2.47. The van der Waals surface area contributed by atoms with Gasteiger partial charge in [0, 0.05) is 48.0 Å². The molecule has 0 spiro atoms. The number of furan rings is 1. The van der Waals surface area contributed by atoms with Crippen molar-refractivity contribution in [3.05, 3.63) is 164 Å². The average molecular weight is 718 g/mol. The Bertz CT molecular complexity index is 3760. The fraction of sp³-hybridized carbons (Fsp3) is 0. The maximum atomic E-state index is 6.65. The average Bonchev–Trinajstić information content (AvgIpc) is 3.93. The molecule has 4 heterocycles. The lowest BCUT2D eigenvalue weighted by atomic mass is 9.91. The molecule has 4 nitrogen and oxygen atoms in total. The highest BCUT2D eigenvalue weighted by atomic mass is 32.1. The Morgan fingerprint density at radius 3 is 1.93 bits per heavy atom. The van der Waals surface area contributed by atoms with E-state index in [4.69, 9.17) is 14.4 Å². The second-order valence-corrected chi connectivity index (χ2v) is 15.5. The van der Waals surface area contributed by atoms with Gasteiger partial charge in [-0.25, -0.2) is 9.97 Å². The molecule has 0 bridgehead atoms. The van der Waals surface area contributed by atoms with Gasteiger partial charge in [0.1, 0.15) is 11.2 Å². The molecule has 0 fully saturated rings. The molecule has 0 atom stereocenters. The standard InChI is InChI=1S/C50H27N3OS/c1-2-13-29-28(12-1)24-25-38-44-40(27-26-35-32-16-4-3-14-30(32)31-15-5-6-18-34(31)43(35)44)53(47(29)38)50-51-45-37-19-8-10-23-42(37)55-49(45)46(52-50)39-21-11-20-36-33-17-7-9-22-41(33)54-48(36)39/h1-27H. The van der Waals surface area contributed by atoms with Gasteiger partial charge in [-0.1, -0.05) is 140 Å². The summed E-state index contributed by atoms with van der Waals surface area (Å²) in [5.41, 5.74) is 6.66. The molecule has 0 aliphatic rings. The molecule has 4 aromatic heterocycles. The number of aromatic nitrogens is 3. The smallest absolute Gasteiger partial charge is 0.235 e. The third kappa shape index (κ3) is 3.89. The van der Waals surface area contributed by atoms with E-state index < -0.39 is 0 Å². The van der Waals surface area contributed by atoms with Gasteiger partial charge in [0.05, 0.1) is 26.9 Å². The number of para-hydroxylation sites is 2. The van der Waals surface area contributed by atoms with E-state index in [1.807, 2.05) is 12.1 Å². The molecule has 254 valence electrons. The van der Waals surface area contributed by atoms with Crippen LogP contribution in [0.25, 0.3) is 124 Å². The van der Waals surface area contributed by atoms with Gasteiger partial charge in [-0.05, 0) is 56.6 Å². The number of thiophene rings is 1. The fourth-order valence-electron chi connectivity index (χ4n) is 9.26. The summed E-state index contributed by atoms with van der Waals surface area (Å²) in [6.45, 7) is 0. The largest absolute Gasteiger partial charge is 0.455 e. The van der Waals surface area contributed by atoms with Gasteiger partial charge in [-0.15, -0.1) is 11.3 Å². The molecular weight excluding hydrogens is 691 g/mol. The first-order chi connectivity index (χ1) is 27.3. The fourth-order valence-corrected chi connectivity index (χ4v) is 10.4. The van der Waals surface area contributed by atoms with Crippen molar-refractivity contribution in [2.45, 2.75) is 0 Å². The highest BCUT2D eigenvalue weighted by Gasteiger charge is 2.25. The molecule has 0 amide bonds. The minimum absolute atomic E-state index is 0.639. The normalized spacial score (nSPS) is 12.4. The van der Waals surface area contributed by atoms with Gasteiger partial charge >= 0.3 is 0 Å². The molecule has 13 rings (SSSR count). The van der Waals surface area contributed by atoms with Crippen molar-refractivity contribution in [3.63, 3.8) is 0 Å². The zero-order chi connectivity index (χ0) is 35.8. The lowest BCUT2D eigenvalue weighted by Crippen LogP contribution is -2.03. The van der Waals surface area contributed by atoms with Crippen LogP contribution in [-0.4, -0.2) is 14.5 Å². The zero-order valence-corrected chi connectivity index (χ0v) is 30.1. The van der Waals surface area contributed by atoms with Crippen molar-refractivity contribution < 1.29 is 4.42 Å². The van der Waals surface area contributed by atoms with Gasteiger partial charge in [-0.2, -0.15) is 0 Å². The number of benzene rings is 9. The predicted octanol–water partition coefficient (Wildman–Crippen LogP) is 14.1. The Hall–Kier alpha value is -7.08. The van der Waals surface area contributed by atoms with Gasteiger partial charge in [0.15, 0.2) is 0 Å². The van der Waals surface area contributed by atoms with Crippen molar-refractivity contribution in [2.24, 2.45) is 0 Å². The zero-order valence-electron chi connectivity index (χ0n) is 29.2. The second-order valence-electron chi connectivity index (χ2n) is 14.4. The van der Waals surface area contributed by atoms with E-state index in [2.05, 4.69) is 156 Å². The van der Waals surface area contributed by atoms with E-state index >= 15 is 0 Å². The van der Waals surface area contributed by atoms with E-state index in [1.165, 1.54) is 53.2 Å². The predicted molar refractivity (Wildman–Crippen MR) is 232 cm³/mol. The first-order valence-electron chi connectivity index (χ1n) is 18.6. The number of hydrogen-bond donors (Lipinski definition) is 0. The molecule has 0 saturated heterocycles. The molecule has 5 heteroatoms. The molecule has 0 N–H and O–H groups in total. The minimum atomic E-state index is 0.639. The van der Waals surface area contributed by atoms with E-state index in [-0.39, 0.29) is 0 Å². The molecule has 0 unspecified atom stereocenters. The Kier molecular flexibility index (Phi) is 5.74. The summed E-state index contributed by atoms with van der Waals surface area (Å²) in [6.07, 6.45) is 0. The van der Waals surface area contributed by atoms with Crippen molar-refractivity contribution >= 4 is 118 Å². The Morgan fingerprint density at radius 1 is 0.455 bits per heavy atom. The van der Waals surface area contributed by atoms with Crippen LogP contribution >= 0.6 is 11.3 Å². The number of fused-ring (bicyclic) bond motifs is 18. The first kappa shape index (κ1) is 29.4. The lowest BCUT2D eigenvalue weighted by molar-refractivity contribution is 0.670. The molecular formula is C50H27N3OS. The van der Waals surface area contributed by atoms with Crippen molar-refractivity contribution in [2.75, 3.05) is 0 Å². The Balaban J connectivity index is 1.25. The first-order valence-corrected chi connectivity index (χ1v) is 19.4. The van der Waals surface area contributed by atoms with Crippen LogP contribution in [0, 0.1) is 0 Å². The summed E-state index contributed by atoms with van der Waals surface area (Å²) in [6, 6.07) is 58.7. The monoisotopic (exact) mass is 717 g/mol. The SMILES string of the molecule is c1ccc2c(c1)ccc1c3c4c5ccccc5c5ccccc5c4ccc3n(-c3nc(-c4cccc5c4oc4ccccc45)c4sc5ccccc5c4n3)c21. The van der Waals surface area contributed by atoms with Crippen LogP contribution in [0.4, 0.5) is 0 Å². The summed E-state index contributed by atoms with van der Waals surface area (Å²) in [5, 5.41) is 15.5. The summed E-state index contributed by atoms with van der Waals surface area (Å²) < 4.78 is 11.2. The molecule has 55 heavy (non-hydrogen) atoms. The third-order valence-corrected chi connectivity index (χ3v) is 12.8. The van der Waals surface area contributed by atoms with Crippen LogP contribution < -0.4 is 0 Å². The quantitative estimate of drug-likeness (QED) is 0.167. The van der Waals surface area contributed by atoms with Crippen molar-refractivity contribution in [3.8, 4) is 17.2 Å². The third-order valence-electron chi connectivity index (χ3n) is 11.6. The number of nitrogens with zero attached hydrogens (tertiary/aromatic N) is 3. The van der Waals surface area contributed by atoms with Crippen LogP contribution in [0.15, 0.2) is 168 Å². The van der Waals surface area contributed by atoms with E-state index in [9.17, 15) is 0 Å². The number of hydrogen-bond acceptors (Lipinski definition) is 4. The van der Waals surface area contributed by atoms with E-state index in [1.54, 1.807) is 11.3 Å². The maximum absolute atomic E-state index is 6.65. The Morgan fingerprint density at radius 2 is 1.09 bits per heavy atom. The molecule has 0 aliphatic carbocycles. The van der Waals surface area contributed by atoms with Crippen molar-refractivity contribution in [1.82, 2.24) is 14.5 Å². The molecule has 13 aromatic rings. The molecule has 0 saturated carbocycles. The van der Waals surface area contributed by atoms with E-state index in [0.717, 1.165) is 65.2 Å². The summed E-state index contributed by atoms with van der Waals surface area (Å²) >= 11 is 1.74. The van der Waals surface area contributed by atoms with Crippen LogP contribution in [-0.2, 0) is 0 Å². The summed E-state index contributed by atoms with van der Waals surface area (Å²) in [4.78, 5) is 11.2. The lowest BCUT2D eigenvalue weighted by Gasteiger charge is -2.13. The number of rotatable bonds is 2. The van der Waals surface area contributed by atoms with Crippen LogP contribution in [0.5, 0.6) is 0 Å².